The third-order valence-corrected chi connectivity index (χ3v) is 4.02. The Morgan fingerprint density at radius 1 is 1.09 bits per heavy atom. The van der Waals surface area contributed by atoms with Crippen molar-refractivity contribution < 1.29 is 0 Å². The first-order chi connectivity index (χ1) is 5.36. The van der Waals surface area contributed by atoms with Crippen molar-refractivity contribution >= 4 is 0 Å². The molecule has 0 saturated heterocycles. The average molecular weight is 149 g/mol. The largest absolute Gasteiger partial charge is 0.327 e. The molecule has 0 radical (unpaired) electrons. The van der Waals surface area contributed by atoms with Crippen LogP contribution in [0.3, 0.4) is 0 Å². The van der Waals surface area contributed by atoms with E-state index in [9.17, 15) is 0 Å². The number of fused-ring (bicyclic) bond motifs is 5. The van der Waals surface area contributed by atoms with Crippen LogP contribution in [0.1, 0.15) is 19.3 Å². The van der Waals surface area contributed by atoms with Crippen LogP contribution >= 0.6 is 0 Å². The first kappa shape index (κ1) is 6.24. The third kappa shape index (κ3) is 0.652. The smallest absolute Gasteiger partial charge is 0.00757 e. The zero-order valence-electron chi connectivity index (χ0n) is 6.74. The van der Waals surface area contributed by atoms with E-state index in [2.05, 4.69) is 12.2 Å². The highest BCUT2D eigenvalue weighted by Gasteiger charge is 2.49. The molecule has 1 nitrogen and oxygen atoms in total. The lowest BCUT2D eigenvalue weighted by molar-refractivity contribution is 0.339. The molecule has 3 aliphatic carbocycles. The molecule has 2 bridgehead atoms. The Kier molecular flexibility index (Phi) is 1.07. The lowest BCUT2D eigenvalue weighted by Crippen LogP contribution is -2.30. The molecule has 0 aromatic heterocycles. The highest BCUT2D eigenvalue weighted by molar-refractivity contribution is 5.17. The molecule has 3 aliphatic rings. The Morgan fingerprint density at radius 2 is 1.91 bits per heavy atom. The summed E-state index contributed by atoms with van der Waals surface area (Å²) in [6.07, 6.45) is 8.95. The number of hydrogen-bond acceptors (Lipinski definition) is 1. The lowest BCUT2D eigenvalue weighted by Gasteiger charge is -2.23. The molecule has 2 fully saturated rings. The van der Waals surface area contributed by atoms with Crippen molar-refractivity contribution in [3.63, 3.8) is 0 Å². The maximum atomic E-state index is 6.07. The fourth-order valence-electron chi connectivity index (χ4n) is 3.58. The van der Waals surface area contributed by atoms with E-state index in [-0.39, 0.29) is 0 Å². The third-order valence-electron chi connectivity index (χ3n) is 4.02. The van der Waals surface area contributed by atoms with Crippen LogP contribution in [0.15, 0.2) is 12.2 Å². The van der Waals surface area contributed by atoms with Crippen LogP contribution in [-0.4, -0.2) is 6.04 Å². The van der Waals surface area contributed by atoms with Gasteiger partial charge in [0.25, 0.3) is 0 Å². The molecule has 0 amide bonds. The molecule has 0 unspecified atom stereocenters. The van der Waals surface area contributed by atoms with Crippen molar-refractivity contribution in [3.05, 3.63) is 12.2 Å². The van der Waals surface area contributed by atoms with Gasteiger partial charge in [0.1, 0.15) is 0 Å². The predicted octanol–water partition coefficient (Wildman–Crippen LogP) is 1.55. The molecule has 60 valence electrons. The second-order valence-electron chi connectivity index (χ2n) is 4.43. The molecule has 3 rings (SSSR count). The maximum Gasteiger partial charge on any atom is 0.00757 e. The minimum absolute atomic E-state index is 0.528. The number of allylic oxidation sites excluding steroid dienone is 2. The maximum absolute atomic E-state index is 6.07. The topological polar surface area (TPSA) is 26.0 Å². The van der Waals surface area contributed by atoms with Crippen molar-refractivity contribution in [2.24, 2.45) is 29.4 Å². The van der Waals surface area contributed by atoms with Gasteiger partial charge in [-0.15, -0.1) is 0 Å². The van der Waals surface area contributed by atoms with Crippen LogP contribution in [0.5, 0.6) is 0 Å². The summed E-state index contributed by atoms with van der Waals surface area (Å²) in [5.74, 6) is 3.62. The molecule has 2 N–H and O–H groups in total. The summed E-state index contributed by atoms with van der Waals surface area (Å²) < 4.78 is 0. The Balaban J connectivity index is 1.97. The van der Waals surface area contributed by atoms with Crippen LogP contribution in [0, 0.1) is 23.7 Å². The van der Waals surface area contributed by atoms with Crippen molar-refractivity contribution in [2.75, 3.05) is 0 Å². The van der Waals surface area contributed by atoms with E-state index >= 15 is 0 Å². The second-order valence-corrected chi connectivity index (χ2v) is 4.43. The molecule has 2 saturated carbocycles. The van der Waals surface area contributed by atoms with Gasteiger partial charge in [0.15, 0.2) is 0 Å². The Morgan fingerprint density at radius 3 is 2.73 bits per heavy atom. The second kappa shape index (κ2) is 1.89. The minimum Gasteiger partial charge on any atom is -0.327 e. The first-order valence-electron chi connectivity index (χ1n) is 4.80. The molecule has 0 aromatic carbocycles. The summed E-state index contributed by atoms with van der Waals surface area (Å²) in [6, 6.07) is 0.528. The van der Waals surface area contributed by atoms with E-state index in [0.717, 1.165) is 23.7 Å². The molecule has 0 aromatic rings. The van der Waals surface area contributed by atoms with Crippen LogP contribution < -0.4 is 5.73 Å². The minimum atomic E-state index is 0.528. The van der Waals surface area contributed by atoms with E-state index in [4.69, 9.17) is 5.73 Å². The monoisotopic (exact) mass is 149 g/mol. The molecule has 0 spiro atoms. The van der Waals surface area contributed by atoms with E-state index < -0.39 is 0 Å². The molecular formula is C10H15N. The van der Waals surface area contributed by atoms with Gasteiger partial charge >= 0.3 is 0 Å². The van der Waals surface area contributed by atoms with E-state index in [1.165, 1.54) is 19.3 Å². The number of nitrogens with two attached hydrogens (primary N) is 1. The summed E-state index contributed by atoms with van der Waals surface area (Å²) in [5, 5.41) is 0. The van der Waals surface area contributed by atoms with Crippen LogP contribution in [0.4, 0.5) is 0 Å². The molecule has 11 heavy (non-hydrogen) atoms. The van der Waals surface area contributed by atoms with Crippen LogP contribution in [0.25, 0.3) is 0 Å². The standard InChI is InChI=1S/C10H15N/c11-9-4-3-8-6-1-2-7(5-6)10(8)9/h1-2,6-10H,3-5,11H2/t6-,7+,8-,9-,10+/m1/s1. The van der Waals surface area contributed by atoms with Gasteiger partial charge in [-0.1, -0.05) is 12.2 Å². The van der Waals surface area contributed by atoms with Gasteiger partial charge < -0.3 is 5.73 Å². The quantitative estimate of drug-likeness (QED) is 0.519. The molecule has 0 heterocycles. The van der Waals surface area contributed by atoms with Gasteiger partial charge in [-0.3, -0.25) is 0 Å². The van der Waals surface area contributed by atoms with Gasteiger partial charge in [0, 0.05) is 6.04 Å². The van der Waals surface area contributed by atoms with Crippen molar-refractivity contribution in [3.8, 4) is 0 Å². The van der Waals surface area contributed by atoms with Crippen LogP contribution in [-0.2, 0) is 0 Å². The summed E-state index contributed by atoms with van der Waals surface area (Å²) >= 11 is 0. The highest BCUT2D eigenvalue weighted by Crippen LogP contribution is 2.54. The number of rotatable bonds is 0. The Labute approximate surface area is 67.7 Å². The van der Waals surface area contributed by atoms with Crippen LogP contribution in [0.2, 0.25) is 0 Å². The van der Waals surface area contributed by atoms with Gasteiger partial charge in [-0.25, -0.2) is 0 Å². The Bertz CT molecular complexity index is 209. The molecule has 1 heteroatoms. The first-order valence-corrected chi connectivity index (χ1v) is 4.80. The zero-order chi connectivity index (χ0) is 7.42. The SMILES string of the molecule is N[C@@H]1CC[C@H]2[C@@H]1[C@H]1C=C[C@@H]2C1. The molecular weight excluding hydrogens is 134 g/mol. The predicted molar refractivity (Wildman–Crippen MR) is 44.9 cm³/mol. The van der Waals surface area contributed by atoms with Gasteiger partial charge in [-0.05, 0) is 42.9 Å². The highest BCUT2D eigenvalue weighted by atomic mass is 14.7. The number of hydrogen-bond donors (Lipinski definition) is 1. The summed E-state index contributed by atoms with van der Waals surface area (Å²) in [7, 11) is 0. The lowest BCUT2D eigenvalue weighted by atomic mass is 9.84. The fourth-order valence-corrected chi connectivity index (χ4v) is 3.58. The van der Waals surface area contributed by atoms with E-state index in [1.807, 2.05) is 0 Å². The van der Waals surface area contributed by atoms with Gasteiger partial charge in [-0.2, -0.15) is 0 Å². The van der Waals surface area contributed by atoms with Gasteiger partial charge in [0.2, 0.25) is 0 Å². The Hall–Kier alpha value is -0.300. The van der Waals surface area contributed by atoms with Gasteiger partial charge in [0.05, 0.1) is 0 Å². The van der Waals surface area contributed by atoms with Crippen molar-refractivity contribution in [1.29, 1.82) is 0 Å². The summed E-state index contributed by atoms with van der Waals surface area (Å²) in [4.78, 5) is 0. The molecule has 0 aliphatic heterocycles. The van der Waals surface area contributed by atoms with Crippen molar-refractivity contribution in [2.45, 2.75) is 25.3 Å². The van der Waals surface area contributed by atoms with E-state index in [0.29, 0.717) is 6.04 Å². The normalized spacial score (nSPS) is 58.8. The van der Waals surface area contributed by atoms with Crippen molar-refractivity contribution in [1.82, 2.24) is 0 Å². The fraction of sp³-hybridized carbons (Fsp3) is 0.800. The average Bonchev–Trinajstić information content (AvgIpc) is 2.60. The summed E-state index contributed by atoms with van der Waals surface area (Å²) in [6.45, 7) is 0. The summed E-state index contributed by atoms with van der Waals surface area (Å²) in [5.41, 5.74) is 6.07. The molecule has 5 atom stereocenters. The zero-order valence-corrected chi connectivity index (χ0v) is 6.74. The van der Waals surface area contributed by atoms with E-state index in [1.54, 1.807) is 0 Å².